The van der Waals surface area contributed by atoms with Gasteiger partial charge in [-0.2, -0.15) is 0 Å². The highest BCUT2D eigenvalue weighted by Gasteiger charge is 2.20. The lowest BCUT2D eigenvalue weighted by molar-refractivity contribution is 0.0646. The Balaban J connectivity index is 2.07. The van der Waals surface area contributed by atoms with E-state index in [2.05, 4.69) is 0 Å². The van der Waals surface area contributed by atoms with Crippen LogP contribution in [0.5, 0.6) is 5.75 Å². The van der Waals surface area contributed by atoms with E-state index in [1.165, 1.54) is 12.1 Å². The molecule has 0 heterocycles. The molecule has 0 aliphatic heterocycles. The van der Waals surface area contributed by atoms with E-state index in [0.29, 0.717) is 11.6 Å². The molecule has 8 heteroatoms. The molecular formula is C17H15Cl4NO3. The van der Waals surface area contributed by atoms with E-state index in [1.54, 1.807) is 19.1 Å². The van der Waals surface area contributed by atoms with Crippen LogP contribution in [-0.4, -0.2) is 18.9 Å². The van der Waals surface area contributed by atoms with Crippen LogP contribution in [0.2, 0.25) is 20.1 Å². The number of carbonyl (C=O) groups excluding carboxylic acids is 1. The number of ether oxygens (including phenoxy) is 2. The molecule has 0 fully saturated rings. The Bertz CT molecular complexity index is 770. The molecule has 0 aromatic heterocycles. The van der Waals surface area contributed by atoms with Crippen LogP contribution in [-0.2, 0) is 4.74 Å². The fraction of sp³-hybridized carbons (Fsp3) is 0.235. The number of halogens is 4. The standard InChI is InChI=1S/C17H15Cl4NO3/c1-3-22(12-6-4-5-11(18)7-12)10(2)24-17(23)25-16-9-14(20)13(19)8-15(16)21/h4-10H,3H2,1-2H3. The molecular weight excluding hydrogens is 408 g/mol. The number of carbonyl (C=O) groups is 1. The molecule has 4 nitrogen and oxygen atoms in total. The SMILES string of the molecule is CCN(c1cccc(Cl)c1)C(C)OC(=O)Oc1cc(Cl)c(Cl)cc1Cl. The summed E-state index contributed by atoms with van der Waals surface area (Å²) in [6.45, 7) is 4.26. The molecule has 0 saturated heterocycles. The minimum Gasteiger partial charge on any atom is -0.410 e. The van der Waals surface area contributed by atoms with E-state index in [4.69, 9.17) is 55.9 Å². The highest BCUT2D eigenvalue weighted by Crippen LogP contribution is 2.34. The van der Waals surface area contributed by atoms with Gasteiger partial charge in [0.2, 0.25) is 0 Å². The van der Waals surface area contributed by atoms with Crippen molar-refractivity contribution in [1.82, 2.24) is 0 Å². The van der Waals surface area contributed by atoms with Crippen molar-refractivity contribution in [2.45, 2.75) is 20.1 Å². The maximum Gasteiger partial charge on any atom is 0.515 e. The van der Waals surface area contributed by atoms with E-state index >= 15 is 0 Å². The number of hydrogen-bond acceptors (Lipinski definition) is 4. The first-order valence-electron chi connectivity index (χ1n) is 7.37. The fourth-order valence-electron chi connectivity index (χ4n) is 2.20. The third-order valence-electron chi connectivity index (χ3n) is 3.35. The van der Waals surface area contributed by atoms with Gasteiger partial charge in [-0.1, -0.05) is 52.5 Å². The van der Waals surface area contributed by atoms with Crippen molar-refractivity contribution in [3.63, 3.8) is 0 Å². The molecule has 0 bridgehead atoms. The van der Waals surface area contributed by atoms with Gasteiger partial charge in [0.25, 0.3) is 0 Å². The van der Waals surface area contributed by atoms with Crippen LogP contribution in [0.15, 0.2) is 36.4 Å². The summed E-state index contributed by atoms with van der Waals surface area (Å²) in [7, 11) is 0. The van der Waals surface area contributed by atoms with Crippen molar-refractivity contribution in [1.29, 1.82) is 0 Å². The van der Waals surface area contributed by atoms with Gasteiger partial charge < -0.3 is 14.4 Å². The van der Waals surface area contributed by atoms with Gasteiger partial charge in [-0.15, -0.1) is 0 Å². The van der Waals surface area contributed by atoms with Crippen LogP contribution in [0.1, 0.15) is 13.8 Å². The molecule has 0 aliphatic carbocycles. The summed E-state index contributed by atoms with van der Waals surface area (Å²) in [5, 5.41) is 1.23. The smallest absolute Gasteiger partial charge is 0.410 e. The number of hydrogen-bond donors (Lipinski definition) is 0. The molecule has 25 heavy (non-hydrogen) atoms. The molecule has 2 aromatic rings. The van der Waals surface area contributed by atoms with Gasteiger partial charge in [0, 0.05) is 23.3 Å². The van der Waals surface area contributed by atoms with Crippen molar-refractivity contribution in [3.05, 3.63) is 56.5 Å². The zero-order valence-corrected chi connectivity index (χ0v) is 16.5. The highest BCUT2D eigenvalue weighted by atomic mass is 35.5. The summed E-state index contributed by atoms with van der Waals surface area (Å²) in [6.07, 6.45) is -1.49. The second-order valence-electron chi connectivity index (χ2n) is 5.03. The van der Waals surface area contributed by atoms with Crippen molar-refractivity contribution in [2.75, 3.05) is 11.4 Å². The van der Waals surface area contributed by atoms with Gasteiger partial charge in [-0.25, -0.2) is 4.79 Å². The molecule has 1 atom stereocenters. The summed E-state index contributed by atoms with van der Waals surface area (Å²) in [4.78, 5) is 13.9. The van der Waals surface area contributed by atoms with Crippen molar-refractivity contribution >= 4 is 58.2 Å². The molecule has 0 amide bonds. The van der Waals surface area contributed by atoms with Gasteiger partial charge in [-0.05, 0) is 38.1 Å². The Morgan fingerprint density at radius 2 is 1.76 bits per heavy atom. The predicted molar refractivity (Wildman–Crippen MR) is 103 cm³/mol. The lowest BCUT2D eigenvalue weighted by Crippen LogP contribution is -2.37. The lowest BCUT2D eigenvalue weighted by Gasteiger charge is -2.29. The lowest BCUT2D eigenvalue weighted by atomic mass is 10.3. The van der Waals surface area contributed by atoms with Crippen molar-refractivity contribution in [3.8, 4) is 5.75 Å². The minimum atomic E-state index is -0.909. The summed E-state index contributed by atoms with van der Waals surface area (Å²) in [5.74, 6) is 0.0686. The Hall–Kier alpha value is -1.33. The molecule has 2 aromatic carbocycles. The Kier molecular flexibility index (Phi) is 7.08. The first kappa shape index (κ1) is 20.0. The van der Waals surface area contributed by atoms with E-state index < -0.39 is 12.4 Å². The maximum atomic E-state index is 12.1. The monoisotopic (exact) mass is 421 g/mol. The zero-order valence-electron chi connectivity index (χ0n) is 13.4. The van der Waals surface area contributed by atoms with Crippen molar-refractivity contribution < 1.29 is 14.3 Å². The molecule has 134 valence electrons. The quantitative estimate of drug-likeness (QED) is 0.233. The molecule has 0 spiro atoms. The molecule has 2 rings (SSSR count). The van der Waals surface area contributed by atoms with E-state index in [-0.39, 0.29) is 20.8 Å². The van der Waals surface area contributed by atoms with Gasteiger partial charge in [0.15, 0.2) is 12.0 Å². The molecule has 0 saturated carbocycles. The number of benzene rings is 2. The Morgan fingerprint density at radius 1 is 1.08 bits per heavy atom. The number of rotatable bonds is 5. The van der Waals surface area contributed by atoms with Gasteiger partial charge in [-0.3, -0.25) is 0 Å². The normalized spacial score (nSPS) is 11.8. The second-order valence-corrected chi connectivity index (χ2v) is 6.69. The van der Waals surface area contributed by atoms with Gasteiger partial charge in [0.05, 0.1) is 15.1 Å². The highest BCUT2D eigenvalue weighted by molar-refractivity contribution is 6.43. The summed E-state index contributed by atoms with van der Waals surface area (Å²) >= 11 is 23.7. The van der Waals surface area contributed by atoms with E-state index in [9.17, 15) is 4.79 Å². The van der Waals surface area contributed by atoms with Crippen molar-refractivity contribution in [2.24, 2.45) is 0 Å². The largest absolute Gasteiger partial charge is 0.515 e. The van der Waals surface area contributed by atoms with Crippen LogP contribution in [0, 0.1) is 0 Å². The first-order chi connectivity index (χ1) is 11.8. The second kappa shape index (κ2) is 8.86. The van der Waals surface area contributed by atoms with Crippen LogP contribution < -0.4 is 9.64 Å². The summed E-state index contributed by atoms with van der Waals surface area (Å²) in [5.41, 5.74) is 0.822. The molecule has 0 radical (unpaired) electrons. The molecule has 0 aliphatic rings. The summed E-state index contributed by atoms with van der Waals surface area (Å²) < 4.78 is 10.4. The zero-order chi connectivity index (χ0) is 18.6. The topological polar surface area (TPSA) is 38.8 Å². The molecule has 0 N–H and O–H groups in total. The Labute approximate surface area is 166 Å². The number of nitrogens with zero attached hydrogens (tertiary/aromatic N) is 1. The average Bonchev–Trinajstić information content (AvgIpc) is 2.53. The third-order valence-corrected chi connectivity index (χ3v) is 4.61. The third kappa shape index (κ3) is 5.32. The minimum absolute atomic E-state index is 0.0686. The molecule has 1 unspecified atom stereocenters. The van der Waals surface area contributed by atoms with Crippen LogP contribution in [0.4, 0.5) is 10.5 Å². The average molecular weight is 423 g/mol. The number of anilines is 1. The van der Waals surface area contributed by atoms with Crippen LogP contribution >= 0.6 is 46.4 Å². The first-order valence-corrected chi connectivity index (χ1v) is 8.88. The Morgan fingerprint density at radius 3 is 2.40 bits per heavy atom. The van der Waals surface area contributed by atoms with E-state index in [1.807, 2.05) is 24.0 Å². The van der Waals surface area contributed by atoms with Crippen LogP contribution in [0.25, 0.3) is 0 Å². The van der Waals surface area contributed by atoms with Gasteiger partial charge in [0.1, 0.15) is 0 Å². The maximum absolute atomic E-state index is 12.1. The fourth-order valence-corrected chi connectivity index (χ4v) is 2.96. The van der Waals surface area contributed by atoms with E-state index in [0.717, 1.165) is 5.69 Å². The predicted octanol–water partition coefficient (Wildman–Crippen LogP) is 6.69. The van der Waals surface area contributed by atoms with Gasteiger partial charge >= 0.3 is 6.16 Å². The summed E-state index contributed by atoms with van der Waals surface area (Å²) in [6, 6.07) is 9.99. The van der Waals surface area contributed by atoms with Crippen LogP contribution in [0.3, 0.4) is 0 Å².